The first kappa shape index (κ1) is 16.6. The number of hydrogen-bond donors (Lipinski definition) is 0. The molecule has 0 radical (unpaired) electrons. The van der Waals surface area contributed by atoms with Crippen molar-refractivity contribution in [2.75, 3.05) is 11.7 Å². The molecule has 0 saturated heterocycles. The molecule has 0 aliphatic carbocycles. The number of fused-ring (bicyclic) bond motifs is 1. The zero-order valence-corrected chi connectivity index (χ0v) is 15.4. The molecule has 1 aromatic heterocycles. The van der Waals surface area contributed by atoms with Gasteiger partial charge in [-0.05, 0) is 32.0 Å². The van der Waals surface area contributed by atoms with Crippen LogP contribution in [0.25, 0.3) is 0 Å². The predicted octanol–water partition coefficient (Wildman–Crippen LogP) is 4.34. The van der Waals surface area contributed by atoms with E-state index in [-0.39, 0.29) is 12.7 Å². The number of benzene rings is 2. The molecule has 1 amide bonds. The van der Waals surface area contributed by atoms with E-state index in [0.717, 1.165) is 22.0 Å². The van der Waals surface area contributed by atoms with Crippen molar-refractivity contribution < 1.29 is 14.3 Å². The van der Waals surface area contributed by atoms with E-state index in [0.29, 0.717) is 22.9 Å². The second kappa shape index (κ2) is 6.80. The molecule has 1 aliphatic heterocycles. The van der Waals surface area contributed by atoms with E-state index in [1.165, 1.54) is 11.3 Å². The number of aromatic nitrogens is 1. The lowest BCUT2D eigenvalue weighted by molar-refractivity contribution is 0.0988. The van der Waals surface area contributed by atoms with Gasteiger partial charge in [-0.25, -0.2) is 4.98 Å². The zero-order chi connectivity index (χ0) is 18.1. The summed E-state index contributed by atoms with van der Waals surface area (Å²) < 4.78 is 11.1. The Hall–Kier alpha value is -2.86. The van der Waals surface area contributed by atoms with Gasteiger partial charge in [0.25, 0.3) is 5.91 Å². The number of para-hydroxylation sites is 2. The van der Waals surface area contributed by atoms with Gasteiger partial charge in [-0.1, -0.05) is 30.3 Å². The van der Waals surface area contributed by atoms with Crippen LogP contribution in [-0.2, 0) is 6.54 Å². The van der Waals surface area contributed by atoms with Gasteiger partial charge < -0.3 is 14.4 Å². The molecule has 1 aliphatic rings. The van der Waals surface area contributed by atoms with E-state index in [2.05, 4.69) is 4.98 Å². The van der Waals surface area contributed by atoms with E-state index in [9.17, 15) is 4.79 Å². The standard InChI is InChI=1S/C20H18N2O3S/c1-13-19(26-14(2)21-13)20(23)22(16-8-4-3-5-9-16)11-15-7-6-10-17-18(15)25-12-24-17/h3-10H,11-12H2,1-2H3. The summed E-state index contributed by atoms with van der Waals surface area (Å²) in [6.07, 6.45) is 0. The van der Waals surface area contributed by atoms with Crippen molar-refractivity contribution in [2.24, 2.45) is 0 Å². The average Bonchev–Trinajstić information content (AvgIpc) is 3.26. The monoisotopic (exact) mass is 366 g/mol. The molecule has 0 saturated carbocycles. The van der Waals surface area contributed by atoms with Crippen molar-refractivity contribution in [1.82, 2.24) is 4.98 Å². The third kappa shape index (κ3) is 3.04. The first-order valence-corrected chi connectivity index (χ1v) is 9.13. The number of anilines is 1. The van der Waals surface area contributed by atoms with Crippen molar-refractivity contribution in [1.29, 1.82) is 0 Å². The molecule has 2 aromatic carbocycles. The van der Waals surface area contributed by atoms with Crippen LogP contribution in [0, 0.1) is 13.8 Å². The fourth-order valence-corrected chi connectivity index (χ4v) is 3.89. The lowest BCUT2D eigenvalue weighted by atomic mass is 10.1. The fraction of sp³-hybridized carbons (Fsp3) is 0.200. The van der Waals surface area contributed by atoms with Gasteiger partial charge in [-0.2, -0.15) is 0 Å². The normalized spacial score (nSPS) is 12.2. The predicted molar refractivity (Wildman–Crippen MR) is 101 cm³/mol. The van der Waals surface area contributed by atoms with E-state index in [1.54, 1.807) is 4.90 Å². The molecule has 6 heteroatoms. The highest BCUT2D eigenvalue weighted by molar-refractivity contribution is 7.13. The topological polar surface area (TPSA) is 51.7 Å². The van der Waals surface area contributed by atoms with Crippen molar-refractivity contribution >= 4 is 22.9 Å². The van der Waals surface area contributed by atoms with Crippen LogP contribution in [-0.4, -0.2) is 17.7 Å². The zero-order valence-electron chi connectivity index (χ0n) is 14.6. The van der Waals surface area contributed by atoms with Crippen LogP contribution >= 0.6 is 11.3 Å². The van der Waals surface area contributed by atoms with Gasteiger partial charge in [0.2, 0.25) is 6.79 Å². The van der Waals surface area contributed by atoms with Crippen LogP contribution in [0.4, 0.5) is 5.69 Å². The lowest BCUT2D eigenvalue weighted by Gasteiger charge is -2.23. The third-order valence-electron chi connectivity index (χ3n) is 4.22. The van der Waals surface area contributed by atoms with Crippen molar-refractivity contribution in [3.63, 3.8) is 0 Å². The fourth-order valence-electron chi connectivity index (χ4n) is 3.03. The summed E-state index contributed by atoms with van der Waals surface area (Å²) in [6.45, 7) is 4.39. The Labute approximate surface area is 155 Å². The maximum Gasteiger partial charge on any atom is 0.270 e. The number of carbonyl (C=O) groups is 1. The maximum atomic E-state index is 13.3. The highest BCUT2D eigenvalue weighted by Crippen LogP contribution is 2.37. The number of ether oxygens (including phenoxy) is 2. The minimum atomic E-state index is -0.0594. The van der Waals surface area contributed by atoms with E-state index < -0.39 is 0 Å². The highest BCUT2D eigenvalue weighted by atomic mass is 32.1. The largest absolute Gasteiger partial charge is 0.454 e. The molecular formula is C20H18N2O3S. The Balaban J connectivity index is 1.74. The van der Waals surface area contributed by atoms with Crippen molar-refractivity contribution in [3.05, 3.63) is 69.7 Å². The minimum Gasteiger partial charge on any atom is -0.454 e. The first-order chi connectivity index (χ1) is 12.6. The van der Waals surface area contributed by atoms with E-state index in [1.807, 2.05) is 62.4 Å². The van der Waals surface area contributed by atoms with Gasteiger partial charge in [0, 0.05) is 11.3 Å². The van der Waals surface area contributed by atoms with Crippen molar-refractivity contribution in [2.45, 2.75) is 20.4 Å². The van der Waals surface area contributed by atoms with E-state index >= 15 is 0 Å². The second-order valence-electron chi connectivity index (χ2n) is 6.03. The summed E-state index contributed by atoms with van der Waals surface area (Å²) in [7, 11) is 0. The molecule has 0 unspecified atom stereocenters. The maximum absolute atomic E-state index is 13.3. The van der Waals surface area contributed by atoms with Gasteiger partial charge in [0.15, 0.2) is 11.5 Å². The quantitative estimate of drug-likeness (QED) is 0.689. The number of rotatable bonds is 4. The van der Waals surface area contributed by atoms with Gasteiger partial charge >= 0.3 is 0 Å². The van der Waals surface area contributed by atoms with Crippen LogP contribution < -0.4 is 14.4 Å². The van der Waals surface area contributed by atoms with Crippen molar-refractivity contribution in [3.8, 4) is 11.5 Å². The summed E-state index contributed by atoms with van der Waals surface area (Å²) in [6, 6.07) is 15.4. The number of carbonyl (C=O) groups excluding carboxylic acids is 1. The number of hydrogen-bond acceptors (Lipinski definition) is 5. The Morgan fingerprint density at radius 2 is 1.92 bits per heavy atom. The SMILES string of the molecule is Cc1nc(C)c(C(=O)N(Cc2cccc3c2OCO3)c2ccccc2)s1. The summed E-state index contributed by atoms with van der Waals surface area (Å²) in [4.78, 5) is 20.1. The van der Waals surface area contributed by atoms with Gasteiger partial charge in [0.05, 0.1) is 17.2 Å². The summed E-state index contributed by atoms with van der Waals surface area (Å²) in [5, 5.41) is 0.885. The lowest BCUT2D eigenvalue weighted by Crippen LogP contribution is -2.30. The van der Waals surface area contributed by atoms with E-state index in [4.69, 9.17) is 9.47 Å². The van der Waals surface area contributed by atoms with Gasteiger partial charge in [-0.3, -0.25) is 4.79 Å². The smallest absolute Gasteiger partial charge is 0.270 e. The van der Waals surface area contributed by atoms with Crippen LogP contribution in [0.2, 0.25) is 0 Å². The van der Waals surface area contributed by atoms with Crippen LogP contribution in [0.1, 0.15) is 25.9 Å². The summed E-state index contributed by atoms with van der Waals surface area (Å²) >= 11 is 1.42. The molecule has 0 spiro atoms. The first-order valence-electron chi connectivity index (χ1n) is 8.32. The summed E-state index contributed by atoms with van der Waals surface area (Å²) in [5.74, 6) is 1.36. The van der Waals surface area contributed by atoms with Gasteiger partial charge in [-0.15, -0.1) is 11.3 Å². The average molecular weight is 366 g/mol. The minimum absolute atomic E-state index is 0.0594. The summed E-state index contributed by atoms with van der Waals surface area (Å²) in [5.41, 5.74) is 2.51. The Kier molecular flexibility index (Phi) is 4.34. The van der Waals surface area contributed by atoms with Gasteiger partial charge in [0.1, 0.15) is 4.88 Å². The molecule has 0 N–H and O–H groups in total. The molecular weight excluding hydrogens is 348 g/mol. The molecule has 5 nitrogen and oxygen atoms in total. The molecule has 4 rings (SSSR count). The Morgan fingerprint density at radius 3 is 2.65 bits per heavy atom. The molecule has 0 bridgehead atoms. The molecule has 26 heavy (non-hydrogen) atoms. The third-order valence-corrected chi connectivity index (χ3v) is 5.28. The molecule has 3 aromatic rings. The number of thiazole rings is 1. The van der Waals surface area contributed by atoms with Crippen LogP contribution in [0.3, 0.4) is 0 Å². The number of nitrogens with zero attached hydrogens (tertiary/aromatic N) is 2. The highest BCUT2D eigenvalue weighted by Gasteiger charge is 2.25. The van der Waals surface area contributed by atoms with Crippen LogP contribution in [0.5, 0.6) is 11.5 Å². The second-order valence-corrected chi connectivity index (χ2v) is 7.23. The van der Waals surface area contributed by atoms with Crippen LogP contribution in [0.15, 0.2) is 48.5 Å². The number of amides is 1. The molecule has 0 atom stereocenters. The Morgan fingerprint density at radius 1 is 1.12 bits per heavy atom. The molecule has 0 fully saturated rings. The Bertz CT molecular complexity index is 953. The molecule has 2 heterocycles. The molecule has 132 valence electrons. The number of aryl methyl sites for hydroxylation is 2.